The van der Waals surface area contributed by atoms with Gasteiger partial charge in [-0.15, -0.1) is 6.58 Å². The molecule has 13 heteroatoms. The van der Waals surface area contributed by atoms with Gasteiger partial charge in [-0.25, -0.2) is 19.2 Å². The van der Waals surface area contributed by atoms with Crippen molar-refractivity contribution in [3.05, 3.63) is 79.0 Å². The van der Waals surface area contributed by atoms with E-state index >= 15 is 0 Å². The van der Waals surface area contributed by atoms with Crippen molar-refractivity contribution in [1.82, 2.24) is 19.4 Å². The predicted octanol–water partition coefficient (Wildman–Crippen LogP) is 10.8. The van der Waals surface area contributed by atoms with Crippen LogP contribution in [0, 0.1) is 5.82 Å². The van der Waals surface area contributed by atoms with Crippen molar-refractivity contribution in [2.75, 3.05) is 26.5 Å². The van der Waals surface area contributed by atoms with E-state index in [1.165, 1.54) is 18.5 Å². The zero-order valence-electron chi connectivity index (χ0n) is 34.8. The largest absolute Gasteiger partial charge is 0.457 e. The number of rotatable bonds is 9. The third-order valence-corrected chi connectivity index (χ3v) is 8.06. The van der Waals surface area contributed by atoms with Gasteiger partial charge in [0.25, 0.3) is 0 Å². The van der Waals surface area contributed by atoms with Gasteiger partial charge in [-0.2, -0.15) is 0 Å². The van der Waals surface area contributed by atoms with Crippen LogP contribution in [0.2, 0.25) is 5.82 Å². The number of anilines is 1. The van der Waals surface area contributed by atoms with Crippen molar-refractivity contribution in [3.63, 3.8) is 0 Å². The SMILES string of the molecule is C=CC.CC.CC.CCC(CN(C)C(=O)OC(C)(C)C)n1c(C2CC2)c(-c2ccc(Oc3cccc(F)c3)cc2)c2c(N)ncnc21.CF.OB(O)C1CC1. The van der Waals surface area contributed by atoms with E-state index in [1.807, 2.05) is 79.7 Å². The number of ether oxygens (including phenoxy) is 2. The monoisotopic (exact) mass is 767 g/mol. The van der Waals surface area contributed by atoms with E-state index in [9.17, 15) is 13.6 Å². The van der Waals surface area contributed by atoms with Crippen LogP contribution in [0.25, 0.3) is 22.2 Å². The lowest BCUT2D eigenvalue weighted by Gasteiger charge is -2.29. The molecule has 0 saturated heterocycles. The van der Waals surface area contributed by atoms with Crippen LogP contribution < -0.4 is 10.5 Å². The van der Waals surface area contributed by atoms with E-state index in [1.54, 1.807) is 30.2 Å². The molecule has 2 saturated carbocycles. The fourth-order valence-electron chi connectivity index (χ4n) is 5.47. The molecule has 10 nitrogen and oxygen atoms in total. The summed E-state index contributed by atoms with van der Waals surface area (Å²) in [6.07, 6.45) is 7.79. The van der Waals surface area contributed by atoms with Gasteiger partial charge in [-0.3, -0.25) is 4.39 Å². The highest BCUT2D eigenvalue weighted by molar-refractivity contribution is 6.44. The van der Waals surface area contributed by atoms with E-state index in [0.29, 0.717) is 37.0 Å². The number of benzene rings is 2. The molecule has 6 rings (SSSR count). The van der Waals surface area contributed by atoms with Crippen molar-refractivity contribution in [2.45, 2.75) is 118 Å². The van der Waals surface area contributed by atoms with Crippen molar-refractivity contribution in [3.8, 4) is 22.6 Å². The Morgan fingerprint density at radius 1 is 1.05 bits per heavy atom. The summed E-state index contributed by atoms with van der Waals surface area (Å²) in [5.41, 5.74) is 9.81. The highest BCUT2D eigenvalue weighted by Gasteiger charge is 2.36. The van der Waals surface area contributed by atoms with E-state index in [0.717, 1.165) is 60.0 Å². The summed E-state index contributed by atoms with van der Waals surface area (Å²) in [5.74, 6) is 1.66. The normalized spacial score (nSPS) is 13.2. The fourth-order valence-corrected chi connectivity index (χ4v) is 5.47. The number of likely N-dealkylation sites (N-methyl/N-ethyl adjacent to an activating group) is 1. The molecule has 2 aromatic carbocycles. The van der Waals surface area contributed by atoms with E-state index in [-0.39, 0.29) is 23.8 Å². The van der Waals surface area contributed by atoms with Gasteiger partial charge in [0, 0.05) is 30.9 Å². The van der Waals surface area contributed by atoms with Crippen LogP contribution >= 0.6 is 0 Å². The number of amides is 1. The average Bonchev–Trinajstić information content (AvgIpc) is 4.11. The van der Waals surface area contributed by atoms with Gasteiger partial charge in [0.05, 0.1) is 18.6 Å². The van der Waals surface area contributed by atoms with Crippen LogP contribution in [-0.4, -0.2) is 69.1 Å². The number of alkyl halides is 1. The summed E-state index contributed by atoms with van der Waals surface area (Å²) >= 11 is 0. The summed E-state index contributed by atoms with van der Waals surface area (Å²) < 4.78 is 36.9. The topological polar surface area (TPSA) is 136 Å². The number of hydrogen-bond acceptors (Lipinski definition) is 8. The van der Waals surface area contributed by atoms with E-state index in [4.69, 9.17) is 30.2 Å². The third kappa shape index (κ3) is 14.9. The molecular formula is C42H64BF2N5O5. The van der Waals surface area contributed by atoms with Gasteiger partial charge in [0.2, 0.25) is 0 Å². The number of fused-ring (bicyclic) bond motifs is 1. The summed E-state index contributed by atoms with van der Waals surface area (Å²) in [4.78, 5) is 23.5. The minimum atomic E-state index is -1.04. The Hall–Kier alpha value is -4.49. The first-order valence-corrected chi connectivity index (χ1v) is 19.2. The predicted molar refractivity (Wildman–Crippen MR) is 223 cm³/mol. The quantitative estimate of drug-likeness (QED) is 0.113. The van der Waals surface area contributed by atoms with E-state index in [2.05, 4.69) is 23.1 Å². The standard InChI is InChI=1S/C31H36FN5O3.C3H7BO2.C3H6.2C2H6.CH3F/c1-6-22(17-36(5)30(38)40-31(2,3)4)37-27(20-10-11-20)25(26-28(33)34-18-35-29(26)37)19-12-14-23(15-13-19)39-24-9-7-8-21(32)16-24;5-4(6)3-1-2-3;1-3-2;3*1-2/h7-9,12-16,18,20,22H,6,10-11,17H2,1-5H3,(H2,33,34,35);3,5-6H,1-2H2;3H,1H2,2H3;2*1-2H3;1H3. The number of nitrogens with two attached hydrogens (primary N) is 1. The first-order valence-electron chi connectivity index (χ1n) is 19.2. The van der Waals surface area contributed by atoms with Crippen LogP contribution in [-0.2, 0) is 4.74 Å². The molecule has 2 fully saturated rings. The number of nitrogen functional groups attached to an aromatic ring is 1. The van der Waals surface area contributed by atoms with Gasteiger partial charge < -0.3 is 34.7 Å². The van der Waals surface area contributed by atoms with Crippen molar-refractivity contribution < 1.29 is 33.1 Å². The number of hydrogen-bond donors (Lipinski definition) is 3. The van der Waals surface area contributed by atoms with Crippen LogP contribution in [0.5, 0.6) is 11.5 Å². The molecule has 1 amide bonds. The molecule has 304 valence electrons. The van der Waals surface area contributed by atoms with E-state index < -0.39 is 12.7 Å². The molecule has 0 radical (unpaired) electrons. The maximum Gasteiger partial charge on any atom is 0.454 e. The Morgan fingerprint density at radius 2 is 1.64 bits per heavy atom. The molecule has 2 aromatic heterocycles. The minimum Gasteiger partial charge on any atom is -0.457 e. The van der Waals surface area contributed by atoms with Gasteiger partial charge in [-0.05, 0) is 88.5 Å². The number of carbonyl (C=O) groups excluding carboxylic acids is 1. The van der Waals surface area contributed by atoms with Crippen LogP contribution in [0.4, 0.5) is 19.4 Å². The lowest BCUT2D eigenvalue weighted by molar-refractivity contribution is 0.0275. The zero-order chi connectivity index (χ0) is 41.9. The number of nitrogens with zero attached hydrogens (tertiary/aromatic N) is 4. The highest BCUT2D eigenvalue weighted by atomic mass is 19.1. The number of carbonyl (C=O) groups is 1. The summed E-state index contributed by atoms with van der Waals surface area (Å²) in [7, 11) is 1.23. The second-order valence-electron chi connectivity index (χ2n) is 13.5. The molecule has 4 N–H and O–H groups in total. The van der Waals surface area contributed by atoms with Gasteiger partial charge >= 0.3 is 13.2 Å². The van der Waals surface area contributed by atoms with Gasteiger partial charge in [-0.1, -0.05) is 71.7 Å². The van der Waals surface area contributed by atoms with Gasteiger partial charge in [0.15, 0.2) is 0 Å². The molecule has 2 aliphatic rings. The van der Waals surface area contributed by atoms with Crippen LogP contribution in [0.15, 0.2) is 67.5 Å². The molecule has 0 bridgehead atoms. The summed E-state index contributed by atoms with van der Waals surface area (Å²) in [6, 6.07) is 13.7. The Morgan fingerprint density at radius 3 is 2.09 bits per heavy atom. The van der Waals surface area contributed by atoms with Gasteiger partial charge in [0.1, 0.15) is 40.7 Å². The first kappa shape index (κ1) is 48.5. The lowest BCUT2D eigenvalue weighted by atomic mass is 9.84. The third-order valence-electron chi connectivity index (χ3n) is 8.06. The Labute approximate surface area is 327 Å². The Kier molecular flexibility index (Phi) is 21.3. The molecule has 0 spiro atoms. The molecule has 2 heterocycles. The molecule has 2 aliphatic carbocycles. The van der Waals surface area contributed by atoms with Crippen LogP contribution in [0.1, 0.15) is 112 Å². The molecule has 1 unspecified atom stereocenters. The van der Waals surface area contributed by atoms with Crippen molar-refractivity contribution in [2.24, 2.45) is 0 Å². The fraction of sp³-hybridized carbons (Fsp3) is 0.500. The maximum atomic E-state index is 13.6. The first-order chi connectivity index (χ1) is 26.3. The molecule has 0 aliphatic heterocycles. The average molecular weight is 768 g/mol. The highest BCUT2D eigenvalue weighted by Crippen LogP contribution is 2.50. The molecular weight excluding hydrogens is 703 g/mol. The second-order valence-corrected chi connectivity index (χ2v) is 13.5. The molecule has 1 atom stereocenters. The molecule has 55 heavy (non-hydrogen) atoms. The Balaban J connectivity index is 0.000000866. The number of aromatic nitrogens is 3. The lowest BCUT2D eigenvalue weighted by Crippen LogP contribution is -2.37. The number of allylic oxidation sites excluding steroid dienone is 1. The smallest absolute Gasteiger partial charge is 0.454 e. The second kappa shape index (κ2) is 24.1. The summed E-state index contributed by atoms with van der Waals surface area (Å²) in [6.45, 7) is 21.4. The minimum absolute atomic E-state index is 0.0470. The summed E-state index contributed by atoms with van der Waals surface area (Å²) in [5, 5.41) is 17.3. The maximum absolute atomic E-state index is 13.6. The molecule has 4 aromatic rings. The zero-order valence-corrected chi connectivity index (χ0v) is 34.8. The van der Waals surface area contributed by atoms with Crippen molar-refractivity contribution in [1.29, 1.82) is 0 Å². The van der Waals surface area contributed by atoms with Crippen LogP contribution in [0.3, 0.4) is 0 Å². The van der Waals surface area contributed by atoms with Crippen molar-refractivity contribution >= 4 is 30.1 Å². The Bertz CT molecular complexity index is 1720. The number of halogens is 2.